The maximum Gasteiger partial charge on any atom is 0.307 e. The van der Waals surface area contributed by atoms with E-state index in [0.717, 1.165) is 0 Å². The number of carbonyl (C=O) groups excluding carboxylic acids is 1. The highest BCUT2D eigenvalue weighted by Crippen LogP contribution is 2.58. The first-order valence-corrected chi connectivity index (χ1v) is 6.34. The highest BCUT2D eigenvalue weighted by molar-refractivity contribution is 5.91. The first-order valence-electron chi connectivity index (χ1n) is 6.34. The smallest absolute Gasteiger partial charge is 0.307 e. The fourth-order valence-electron chi connectivity index (χ4n) is 2.66. The van der Waals surface area contributed by atoms with Crippen molar-refractivity contribution in [3.8, 4) is 0 Å². The molecule has 1 heterocycles. The van der Waals surface area contributed by atoms with Gasteiger partial charge < -0.3 is 10.4 Å². The third kappa shape index (κ3) is 2.62. The number of aromatic nitrogens is 2. The summed E-state index contributed by atoms with van der Waals surface area (Å²) < 4.78 is 1.73. The van der Waals surface area contributed by atoms with Crippen molar-refractivity contribution >= 4 is 11.9 Å². The number of carboxylic acids is 1. The molecule has 3 unspecified atom stereocenters. The molecular formula is C13H19N3O3. The lowest BCUT2D eigenvalue weighted by Gasteiger charge is -2.14. The van der Waals surface area contributed by atoms with Crippen LogP contribution >= 0.6 is 0 Å². The number of rotatable bonds is 5. The molecule has 0 radical (unpaired) electrons. The van der Waals surface area contributed by atoms with Crippen LogP contribution in [0.4, 0.5) is 0 Å². The zero-order chi connectivity index (χ0) is 14.2. The number of amides is 1. The standard InChI is InChI=1S/C13H19N3O3/c1-8(7-16-6-4-5-14-16)15-11(17)9-10(12(18)19)13(9,2)3/h4-6,8-10H,7H2,1-3H3,(H,15,17)(H,18,19). The van der Waals surface area contributed by atoms with Gasteiger partial charge in [0.2, 0.25) is 5.91 Å². The molecule has 0 spiro atoms. The molecule has 6 heteroatoms. The summed E-state index contributed by atoms with van der Waals surface area (Å²) >= 11 is 0. The molecule has 1 aliphatic rings. The molecule has 1 aromatic heterocycles. The van der Waals surface area contributed by atoms with Crippen LogP contribution in [-0.2, 0) is 16.1 Å². The van der Waals surface area contributed by atoms with Crippen LogP contribution in [0.1, 0.15) is 20.8 Å². The predicted octanol–water partition coefficient (Wildman–Crippen LogP) is 0.745. The van der Waals surface area contributed by atoms with Crippen LogP contribution in [0.15, 0.2) is 18.5 Å². The Labute approximate surface area is 111 Å². The second-order valence-corrected chi connectivity index (χ2v) is 5.75. The Kier molecular flexibility index (Phi) is 3.34. The molecule has 1 aliphatic carbocycles. The number of carboxylic acid groups (broad SMARTS) is 1. The summed E-state index contributed by atoms with van der Waals surface area (Å²) in [5.74, 6) is -2.10. The third-order valence-corrected chi connectivity index (χ3v) is 3.78. The molecule has 2 N–H and O–H groups in total. The largest absolute Gasteiger partial charge is 0.481 e. The average Bonchev–Trinajstić information content (AvgIpc) is 2.66. The number of aliphatic carboxylic acids is 1. The van der Waals surface area contributed by atoms with E-state index in [-0.39, 0.29) is 11.9 Å². The molecule has 1 amide bonds. The topological polar surface area (TPSA) is 84.2 Å². The summed E-state index contributed by atoms with van der Waals surface area (Å²) in [7, 11) is 0. The number of nitrogens with zero attached hydrogens (tertiary/aromatic N) is 2. The summed E-state index contributed by atoms with van der Waals surface area (Å²) in [5, 5.41) is 16.0. The highest BCUT2D eigenvalue weighted by Gasteiger charge is 2.65. The van der Waals surface area contributed by atoms with Gasteiger partial charge in [0, 0.05) is 18.4 Å². The SMILES string of the molecule is CC(Cn1cccn1)NC(=O)C1C(C(=O)O)C1(C)C. The minimum absolute atomic E-state index is 0.0850. The normalized spacial score (nSPS) is 25.6. The maximum absolute atomic E-state index is 12.1. The van der Waals surface area contributed by atoms with Gasteiger partial charge >= 0.3 is 5.97 Å². The van der Waals surface area contributed by atoms with E-state index in [0.29, 0.717) is 6.54 Å². The van der Waals surface area contributed by atoms with Gasteiger partial charge in [0.1, 0.15) is 0 Å². The summed E-state index contributed by atoms with van der Waals surface area (Å²) in [4.78, 5) is 23.1. The van der Waals surface area contributed by atoms with Crippen LogP contribution in [0.5, 0.6) is 0 Å². The Morgan fingerprint density at radius 3 is 2.63 bits per heavy atom. The van der Waals surface area contributed by atoms with E-state index >= 15 is 0 Å². The van der Waals surface area contributed by atoms with Gasteiger partial charge in [0.15, 0.2) is 0 Å². The summed E-state index contributed by atoms with van der Waals surface area (Å²) in [6, 6.07) is 1.73. The molecule has 0 saturated heterocycles. The average molecular weight is 265 g/mol. The van der Waals surface area contributed by atoms with Crippen LogP contribution in [0.25, 0.3) is 0 Å². The van der Waals surface area contributed by atoms with E-state index in [1.165, 1.54) is 0 Å². The van der Waals surface area contributed by atoms with Crippen molar-refractivity contribution in [3.05, 3.63) is 18.5 Å². The third-order valence-electron chi connectivity index (χ3n) is 3.78. The zero-order valence-electron chi connectivity index (χ0n) is 11.3. The molecule has 19 heavy (non-hydrogen) atoms. The first-order chi connectivity index (χ1) is 8.84. The van der Waals surface area contributed by atoms with Crippen molar-refractivity contribution in [2.45, 2.75) is 33.4 Å². The van der Waals surface area contributed by atoms with Crippen LogP contribution in [0.2, 0.25) is 0 Å². The Hall–Kier alpha value is -1.85. The Balaban J connectivity index is 1.90. The van der Waals surface area contributed by atoms with Gasteiger partial charge in [-0.15, -0.1) is 0 Å². The van der Waals surface area contributed by atoms with Crippen LogP contribution < -0.4 is 5.32 Å². The van der Waals surface area contributed by atoms with Crippen molar-refractivity contribution in [2.75, 3.05) is 0 Å². The maximum atomic E-state index is 12.1. The summed E-state index contributed by atoms with van der Waals surface area (Å²) in [5.41, 5.74) is -0.457. The van der Waals surface area contributed by atoms with Gasteiger partial charge in [0.05, 0.1) is 18.4 Å². The predicted molar refractivity (Wildman–Crippen MR) is 68.2 cm³/mol. The number of hydrogen-bond donors (Lipinski definition) is 2. The number of hydrogen-bond acceptors (Lipinski definition) is 3. The molecule has 0 aliphatic heterocycles. The first kappa shape index (κ1) is 13.6. The minimum atomic E-state index is -0.898. The molecule has 6 nitrogen and oxygen atoms in total. The van der Waals surface area contributed by atoms with E-state index in [1.807, 2.05) is 33.0 Å². The van der Waals surface area contributed by atoms with Gasteiger partial charge in [-0.25, -0.2) is 0 Å². The molecule has 1 fully saturated rings. The minimum Gasteiger partial charge on any atom is -0.481 e. The van der Waals surface area contributed by atoms with Gasteiger partial charge in [-0.3, -0.25) is 14.3 Å². The number of carbonyl (C=O) groups is 2. The van der Waals surface area contributed by atoms with E-state index in [1.54, 1.807) is 10.9 Å². The molecule has 1 saturated carbocycles. The van der Waals surface area contributed by atoms with Crippen molar-refractivity contribution < 1.29 is 14.7 Å². The molecule has 0 bridgehead atoms. The molecule has 3 atom stereocenters. The van der Waals surface area contributed by atoms with Gasteiger partial charge in [-0.2, -0.15) is 5.10 Å². The Morgan fingerprint density at radius 1 is 1.47 bits per heavy atom. The lowest BCUT2D eigenvalue weighted by molar-refractivity contribution is -0.140. The second-order valence-electron chi connectivity index (χ2n) is 5.75. The Morgan fingerprint density at radius 2 is 2.16 bits per heavy atom. The monoisotopic (exact) mass is 265 g/mol. The highest BCUT2D eigenvalue weighted by atomic mass is 16.4. The lowest BCUT2D eigenvalue weighted by atomic mass is 10.1. The molecule has 104 valence electrons. The molecule has 0 aromatic carbocycles. The Bertz CT molecular complexity index is 481. The second kappa shape index (κ2) is 4.68. The fraction of sp³-hybridized carbons (Fsp3) is 0.615. The number of nitrogens with one attached hydrogen (secondary N) is 1. The van der Waals surface area contributed by atoms with Crippen LogP contribution in [0.3, 0.4) is 0 Å². The van der Waals surface area contributed by atoms with E-state index in [4.69, 9.17) is 5.11 Å². The molecular weight excluding hydrogens is 246 g/mol. The van der Waals surface area contributed by atoms with Gasteiger partial charge in [-0.1, -0.05) is 13.8 Å². The van der Waals surface area contributed by atoms with Gasteiger partial charge in [-0.05, 0) is 18.4 Å². The quantitative estimate of drug-likeness (QED) is 0.822. The van der Waals surface area contributed by atoms with E-state index in [2.05, 4.69) is 10.4 Å². The summed E-state index contributed by atoms with van der Waals surface area (Å²) in [6.45, 7) is 6.08. The van der Waals surface area contributed by atoms with E-state index in [9.17, 15) is 9.59 Å². The van der Waals surface area contributed by atoms with Gasteiger partial charge in [0.25, 0.3) is 0 Å². The van der Waals surface area contributed by atoms with Crippen molar-refractivity contribution in [1.29, 1.82) is 0 Å². The van der Waals surface area contributed by atoms with Crippen molar-refractivity contribution in [1.82, 2.24) is 15.1 Å². The fourth-order valence-corrected chi connectivity index (χ4v) is 2.66. The van der Waals surface area contributed by atoms with Crippen LogP contribution in [0, 0.1) is 17.3 Å². The molecule has 2 rings (SSSR count). The van der Waals surface area contributed by atoms with Crippen molar-refractivity contribution in [2.24, 2.45) is 17.3 Å². The summed E-state index contributed by atoms with van der Waals surface area (Å²) in [6.07, 6.45) is 3.50. The van der Waals surface area contributed by atoms with E-state index < -0.39 is 23.2 Å². The van der Waals surface area contributed by atoms with Crippen molar-refractivity contribution in [3.63, 3.8) is 0 Å². The van der Waals surface area contributed by atoms with Crippen LogP contribution in [-0.4, -0.2) is 32.8 Å². The lowest BCUT2D eigenvalue weighted by Crippen LogP contribution is -2.37. The zero-order valence-corrected chi connectivity index (χ0v) is 11.3. The molecule has 1 aromatic rings.